The minimum absolute atomic E-state index is 0.0261. The number of nitrogens with one attached hydrogen (secondary N) is 2. The molecule has 6 heteroatoms. The first-order valence-electron chi connectivity index (χ1n) is 8.60. The number of hydrogen-bond donors (Lipinski definition) is 2. The van der Waals surface area contributed by atoms with Crippen LogP contribution in [0.2, 0.25) is 0 Å². The summed E-state index contributed by atoms with van der Waals surface area (Å²) >= 11 is 0. The van der Waals surface area contributed by atoms with Crippen LogP contribution in [0.25, 0.3) is 0 Å². The molecule has 0 aliphatic carbocycles. The van der Waals surface area contributed by atoms with Crippen LogP contribution in [0.4, 0.5) is 0 Å². The van der Waals surface area contributed by atoms with Crippen molar-refractivity contribution < 1.29 is 4.79 Å². The summed E-state index contributed by atoms with van der Waals surface area (Å²) in [6, 6.07) is 7.77. The van der Waals surface area contributed by atoms with Gasteiger partial charge < -0.3 is 20.4 Å². The number of amides is 1. The van der Waals surface area contributed by atoms with Crippen LogP contribution < -0.4 is 10.6 Å². The maximum absolute atomic E-state index is 12.0. The van der Waals surface area contributed by atoms with Crippen molar-refractivity contribution in [3.63, 3.8) is 0 Å². The molecule has 0 aliphatic heterocycles. The van der Waals surface area contributed by atoms with Crippen LogP contribution in [-0.2, 0) is 6.42 Å². The second-order valence-electron chi connectivity index (χ2n) is 7.21. The summed E-state index contributed by atoms with van der Waals surface area (Å²) in [5, 5.41) is 6.68. The van der Waals surface area contributed by atoms with Crippen LogP contribution >= 0.6 is 0 Å². The maximum atomic E-state index is 12.0. The molecule has 140 valence electrons. The summed E-state index contributed by atoms with van der Waals surface area (Å²) < 4.78 is 0. The van der Waals surface area contributed by atoms with Crippen molar-refractivity contribution in [3.05, 3.63) is 35.4 Å². The highest BCUT2D eigenvalue weighted by molar-refractivity contribution is 5.94. The van der Waals surface area contributed by atoms with Crippen molar-refractivity contribution in [1.29, 1.82) is 0 Å². The van der Waals surface area contributed by atoms with E-state index in [1.807, 2.05) is 24.3 Å². The first-order chi connectivity index (χ1) is 11.7. The largest absolute Gasteiger partial charge is 0.356 e. The van der Waals surface area contributed by atoms with E-state index in [4.69, 9.17) is 0 Å². The molecule has 1 aromatic carbocycles. The molecule has 0 saturated carbocycles. The van der Waals surface area contributed by atoms with Crippen molar-refractivity contribution in [1.82, 2.24) is 20.4 Å². The Bertz CT molecular complexity index is 593. The minimum Gasteiger partial charge on any atom is -0.356 e. The predicted molar refractivity (Wildman–Crippen MR) is 105 cm³/mol. The molecule has 0 unspecified atom stereocenters. The van der Waals surface area contributed by atoms with Gasteiger partial charge in [-0.3, -0.25) is 9.79 Å². The molecule has 0 aromatic heterocycles. The fourth-order valence-electron chi connectivity index (χ4n) is 2.12. The number of rotatable bonds is 7. The average Bonchev–Trinajstić information content (AvgIpc) is 2.57. The number of aliphatic imine (C=N–C) groups is 1. The van der Waals surface area contributed by atoms with Gasteiger partial charge in [0, 0.05) is 45.3 Å². The highest BCUT2D eigenvalue weighted by atomic mass is 16.2. The van der Waals surface area contributed by atoms with Gasteiger partial charge in [-0.2, -0.15) is 0 Å². The van der Waals surface area contributed by atoms with Crippen LogP contribution in [0.3, 0.4) is 0 Å². The van der Waals surface area contributed by atoms with E-state index in [0.717, 1.165) is 36.6 Å². The van der Waals surface area contributed by atoms with E-state index >= 15 is 0 Å². The Balaban J connectivity index is 2.53. The molecular weight excluding hydrogens is 314 g/mol. The molecule has 25 heavy (non-hydrogen) atoms. The van der Waals surface area contributed by atoms with E-state index < -0.39 is 0 Å². The molecule has 0 radical (unpaired) electrons. The zero-order valence-corrected chi connectivity index (χ0v) is 16.7. The van der Waals surface area contributed by atoms with Gasteiger partial charge in [-0.15, -0.1) is 0 Å². The molecule has 0 atom stereocenters. The van der Waals surface area contributed by atoms with Crippen LogP contribution in [0, 0.1) is 0 Å². The van der Waals surface area contributed by atoms with Gasteiger partial charge >= 0.3 is 0 Å². The Morgan fingerprint density at radius 1 is 1.16 bits per heavy atom. The number of benzene rings is 1. The average molecular weight is 348 g/mol. The van der Waals surface area contributed by atoms with Gasteiger partial charge in [-0.25, -0.2) is 0 Å². The summed E-state index contributed by atoms with van der Waals surface area (Å²) in [6.45, 7) is 5.91. The number of carbonyl (C=O) groups is 1. The van der Waals surface area contributed by atoms with Gasteiger partial charge in [0.15, 0.2) is 5.96 Å². The van der Waals surface area contributed by atoms with E-state index in [1.165, 1.54) is 0 Å². The van der Waals surface area contributed by atoms with E-state index in [9.17, 15) is 4.79 Å². The number of guanidine groups is 1. The summed E-state index contributed by atoms with van der Waals surface area (Å²) in [4.78, 5) is 20.1. The van der Waals surface area contributed by atoms with Gasteiger partial charge in [0.05, 0.1) is 0 Å². The van der Waals surface area contributed by atoms with E-state index in [0.29, 0.717) is 0 Å². The van der Waals surface area contributed by atoms with Crippen LogP contribution in [0.15, 0.2) is 29.3 Å². The molecule has 1 rings (SSSR count). The van der Waals surface area contributed by atoms with Crippen LogP contribution in [-0.4, -0.2) is 75.5 Å². The molecule has 6 nitrogen and oxygen atoms in total. The van der Waals surface area contributed by atoms with E-state index in [1.54, 1.807) is 26.0 Å². The molecule has 1 amide bonds. The van der Waals surface area contributed by atoms with Gasteiger partial charge in [0.1, 0.15) is 0 Å². The molecule has 0 spiro atoms. The number of likely N-dealkylation sites (N-methyl/N-ethyl adjacent to an activating group) is 1. The topological polar surface area (TPSA) is 60.0 Å². The van der Waals surface area contributed by atoms with Gasteiger partial charge in [0.2, 0.25) is 0 Å². The third kappa shape index (κ3) is 6.74. The lowest BCUT2D eigenvalue weighted by molar-refractivity contribution is 0.0827. The summed E-state index contributed by atoms with van der Waals surface area (Å²) in [5.41, 5.74) is 1.89. The predicted octanol–water partition coefficient (Wildman–Crippen LogP) is 1.44. The van der Waals surface area contributed by atoms with Crippen molar-refractivity contribution in [2.75, 3.05) is 48.3 Å². The van der Waals surface area contributed by atoms with Gasteiger partial charge in [-0.1, -0.05) is 12.1 Å². The Labute approximate surface area is 152 Å². The third-order valence-corrected chi connectivity index (χ3v) is 4.41. The monoisotopic (exact) mass is 347 g/mol. The summed E-state index contributed by atoms with van der Waals surface area (Å²) in [6.07, 6.45) is 0.826. The number of carbonyl (C=O) groups excluding carboxylic acids is 1. The zero-order chi connectivity index (χ0) is 19.0. The molecule has 0 saturated heterocycles. The maximum Gasteiger partial charge on any atom is 0.253 e. The minimum atomic E-state index is 0.0261. The lowest BCUT2D eigenvalue weighted by atomic mass is 10.0. The molecular formula is C19H33N5O. The lowest BCUT2D eigenvalue weighted by Gasteiger charge is -2.33. The third-order valence-electron chi connectivity index (χ3n) is 4.41. The second kappa shape index (κ2) is 9.42. The SMILES string of the molecule is CN=C(NCCc1cccc(C(=O)N(C)C)c1)NCC(C)(C)N(C)C. The van der Waals surface area contributed by atoms with Crippen LogP contribution in [0.1, 0.15) is 29.8 Å². The van der Waals surface area contributed by atoms with Crippen LogP contribution in [0.5, 0.6) is 0 Å². The second-order valence-corrected chi connectivity index (χ2v) is 7.21. The highest BCUT2D eigenvalue weighted by Crippen LogP contribution is 2.08. The molecule has 0 bridgehead atoms. The first-order valence-corrected chi connectivity index (χ1v) is 8.60. The van der Waals surface area contributed by atoms with E-state index in [-0.39, 0.29) is 11.4 Å². The standard InChI is InChI=1S/C19H33N5O/c1-19(2,24(6)7)14-22-18(20-3)21-12-11-15-9-8-10-16(13-15)17(25)23(4)5/h8-10,13H,11-12,14H2,1-7H3,(H2,20,21,22). The molecule has 1 aromatic rings. The van der Waals surface area contributed by atoms with Crippen molar-refractivity contribution in [3.8, 4) is 0 Å². The van der Waals surface area contributed by atoms with Gasteiger partial charge in [0.25, 0.3) is 5.91 Å². The number of hydrogen-bond acceptors (Lipinski definition) is 3. The number of nitrogens with zero attached hydrogens (tertiary/aromatic N) is 3. The van der Waals surface area contributed by atoms with Crippen molar-refractivity contribution >= 4 is 11.9 Å². The molecule has 2 N–H and O–H groups in total. The molecule has 0 heterocycles. The molecule has 0 aliphatic rings. The van der Waals surface area contributed by atoms with Crippen molar-refractivity contribution in [2.45, 2.75) is 25.8 Å². The first kappa shape index (κ1) is 21.0. The quantitative estimate of drug-likeness (QED) is 0.579. The van der Waals surface area contributed by atoms with E-state index in [2.05, 4.69) is 48.5 Å². The normalized spacial score (nSPS) is 12.2. The molecule has 0 fully saturated rings. The smallest absolute Gasteiger partial charge is 0.253 e. The fourth-order valence-corrected chi connectivity index (χ4v) is 2.12. The Morgan fingerprint density at radius 3 is 2.40 bits per heavy atom. The summed E-state index contributed by atoms with van der Waals surface area (Å²) in [5.74, 6) is 0.814. The zero-order valence-electron chi connectivity index (χ0n) is 16.7. The summed E-state index contributed by atoms with van der Waals surface area (Å²) in [7, 11) is 9.44. The lowest BCUT2D eigenvalue weighted by Crippen LogP contribution is -2.51. The highest BCUT2D eigenvalue weighted by Gasteiger charge is 2.20. The Morgan fingerprint density at radius 2 is 1.84 bits per heavy atom. The fraction of sp³-hybridized carbons (Fsp3) is 0.579. The van der Waals surface area contributed by atoms with Crippen molar-refractivity contribution in [2.24, 2.45) is 4.99 Å². The Kier molecular flexibility index (Phi) is 7.90. The Hall–Kier alpha value is -2.08. The van der Waals surface area contributed by atoms with Gasteiger partial charge in [-0.05, 0) is 52.1 Å².